The lowest BCUT2D eigenvalue weighted by molar-refractivity contribution is -0.313. The summed E-state index contributed by atoms with van der Waals surface area (Å²) in [5, 5.41) is 35.3. The summed E-state index contributed by atoms with van der Waals surface area (Å²) in [7, 11) is 0. The Bertz CT molecular complexity index is 1400. The van der Waals surface area contributed by atoms with Crippen molar-refractivity contribution in [2.45, 2.75) is 23.7 Å². The van der Waals surface area contributed by atoms with Crippen molar-refractivity contribution in [1.29, 1.82) is 0 Å². The smallest absolute Gasteiger partial charge is 0.296 e. The van der Waals surface area contributed by atoms with Gasteiger partial charge in [-0.15, -0.1) is 0 Å². The normalized spacial score (nSPS) is 26.4. The highest BCUT2D eigenvalue weighted by Gasteiger charge is 2.85. The Morgan fingerprint density at radius 3 is 2.12 bits per heavy atom. The fraction of sp³-hybridized carbons (Fsp3) is 0.154. The predicted molar refractivity (Wildman–Crippen MR) is 116 cm³/mol. The van der Waals surface area contributed by atoms with Gasteiger partial charge in [0.05, 0.1) is 5.57 Å². The Morgan fingerprint density at radius 1 is 0.824 bits per heavy atom. The van der Waals surface area contributed by atoms with Crippen molar-refractivity contribution in [2.24, 2.45) is 0 Å². The van der Waals surface area contributed by atoms with E-state index in [0.29, 0.717) is 5.56 Å². The maximum Gasteiger partial charge on any atom is 0.296 e. The highest BCUT2D eigenvalue weighted by Crippen LogP contribution is 2.67. The molecule has 0 bridgehead atoms. The predicted octanol–water partition coefficient (Wildman–Crippen LogP) is 1.91. The maximum absolute atomic E-state index is 13.6. The van der Waals surface area contributed by atoms with E-state index >= 15 is 0 Å². The molecule has 34 heavy (non-hydrogen) atoms. The summed E-state index contributed by atoms with van der Waals surface area (Å²) >= 11 is 0. The lowest BCUT2D eigenvalue weighted by Gasteiger charge is -2.45. The first-order valence-electron chi connectivity index (χ1n) is 10.6. The van der Waals surface area contributed by atoms with E-state index in [1.54, 1.807) is 42.5 Å². The number of likely N-dealkylation sites (tertiary alicyclic amines) is 1. The van der Waals surface area contributed by atoms with Crippen molar-refractivity contribution in [2.75, 3.05) is 0 Å². The Balaban J connectivity index is 1.68. The van der Waals surface area contributed by atoms with Crippen LogP contribution in [-0.2, 0) is 32.4 Å². The molecule has 3 aromatic rings. The Hall–Kier alpha value is -3.85. The van der Waals surface area contributed by atoms with Crippen molar-refractivity contribution < 1.29 is 34.0 Å². The van der Waals surface area contributed by atoms with Gasteiger partial charge >= 0.3 is 0 Å². The molecule has 0 radical (unpaired) electrons. The summed E-state index contributed by atoms with van der Waals surface area (Å²) in [5.41, 5.74) is -2.05. The molecule has 1 fully saturated rings. The lowest BCUT2D eigenvalue weighted by Crippen LogP contribution is -2.66. The number of fused-ring (bicyclic) bond motifs is 2. The molecule has 3 N–H and O–H groups in total. The number of carbonyl (C=O) groups is 2. The second-order valence-corrected chi connectivity index (χ2v) is 8.59. The zero-order valence-electron chi connectivity index (χ0n) is 17.6. The van der Waals surface area contributed by atoms with E-state index < -0.39 is 34.6 Å². The zero-order chi connectivity index (χ0) is 23.9. The van der Waals surface area contributed by atoms with E-state index in [9.17, 15) is 29.3 Å². The fourth-order valence-corrected chi connectivity index (χ4v) is 5.46. The van der Waals surface area contributed by atoms with Gasteiger partial charge in [-0.05, 0) is 29.8 Å². The van der Waals surface area contributed by atoms with Gasteiger partial charge in [-0.2, -0.15) is 0 Å². The molecule has 3 aromatic carbocycles. The van der Waals surface area contributed by atoms with E-state index in [0.717, 1.165) is 17.0 Å². The van der Waals surface area contributed by atoms with Crippen LogP contribution in [0.1, 0.15) is 22.3 Å². The average molecular weight is 459 g/mol. The molecule has 2 aliphatic heterocycles. The quantitative estimate of drug-likeness (QED) is 0.408. The van der Waals surface area contributed by atoms with Crippen LogP contribution in [0.4, 0.5) is 4.39 Å². The van der Waals surface area contributed by atoms with E-state index in [-0.39, 0.29) is 34.6 Å². The van der Waals surface area contributed by atoms with Crippen molar-refractivity contribution in [1.82, 2.24) is 4.90 Å². The number of hydrogen-bond acceptors (Lipinski definition) is 6. The molecular weight excluding hydrogens is 441 g/mol. The Kier molecular flexibility index (Phi) is 4.03. The van der Waals surface area contributed by atoms with Gasteiger partial charge in [0.15, 0.2) is 0 Å². The number of nitrogens with zero attached hydrogens (tertiary/aromatic N) is 1. The summed E-state index contributed by atoms with van der Waals surface area (Å²) < 4.78 is 19.6. The molecule has 6 rings (SSSR count). The maximum atomic E-state index is 13.6. The number of Topliss-reactive ketones (excluding diaryl/α,β-unsaturated/α-hetero) is 1. The highest BCUT2D eigenvalue weighted by molar-refractivity contribution is 6.48. The summed E-state index contributed by atoms with van der Waals surface area (Å²) in [6.45, 7) is -0.200. The SMILES string of the molecule is O=C1C(=O)N(Cc2ccccc2)[C@]23C1=C(c1ccc(F)cc1)O[C@]2(O)c1ccccc1C3(O)O. The van der Waals surface area contributed by atoms with E-state index in [4.69, 9.17) is 4.74 Å². The van der Waals surface area contributed by atoms with Crippen LogP contribution in [0.15, 0.2) is 84.4 Å². The number of hydrogen-bond donors (Lipinski definition) is 3. The van der Waals surface area contributed by atoms with Crippen LogP contribution in [-0.4, -0.2) is 37.4 Å². The number of benzene rings is 3. The van der Waals surface area contributed by atoms with Crippen molar-refractivity contribution in [3.8, 4) is 0 Å². The topological polar surface area (TPSA) is 107 Å². The number of carbonyl (C=O) groups excluding carboxylic acids is 2. The van der Waals surface area contributed by atoms with Gasteiger partial charge in [-0.3, -0.25) is 9.59 Å². The molecule has 1 amide bonds. The minimum absolute atomic E-state index is 0.00942. The minimum Gasteiger partial charge on any atom is -0.454 e. The van der Waals surface area contributed by atoms with Gasteiger partial charge in [0.25, 0.3) is 17.5 Å². The number of halogens is 1. The molecule has 1 saturated heterocycles. The van der Waals surface area contributed by atoms with Gasteiger partial charge in [-0.25, -0.2) is 4.39 Å². The molecule has 0 aromatic heterocycles. The van der Waals surface area contributed by atoms with E-state index in [2.05, 4.69) is 0 Å². The summed E-state index contributed by atoms with van der Waals surface area (Å²) in [6, 6.07) is 19.6. The molecule has 170 valence electrons. The molecule has 7 nitrogen and oxygen atoms in total. The first kappa shape index (κ1) is 20.7. The summed E-state index contributed by atoms with van der Waals surface area (Å²) in [6.07, 6.45) is 0. The van der Waals surface area contributed by atoms with Crippen LogP contribution < -0.4 is 0 Å². The highest BCUT2D eigenvalue weighted by atomic mass is 19.1. The zero-order valence-corrected chi connectivity index (χ0v) is 17.6. The minimum atomic E-state index is -2.88. The van der Waals surface area contributed by atoms with E-state index in [1.165, 1.54) is 24.3 Å². The van der Waals surface area contributed by atoms with Gasteiger partial charge in [0.2, 0.25) is 11.3 Å². The van der Waals surface area contributed by atoms with Gasteiger partial charge in [0.1, 0.15) is 11.6 Å². The largest absolute Gasteiger partial charge is 0.454 e. The number of aliphatic hydroxyl groups is 3. The number of amides is 1. The van der Waals surface area contributed by atoms with Gasteiger partial charge in [-0.1, -0.05) is 54.6 Å². The fourth-order valence-electron chi connectivity index (χ4n) is 5.46. The number of ether oxygens (including phenoxy) is 1. The molecular formula is C26H18FNO6. The third-order valence-electron chi connectivity index (χ3n) is 6.86. The van der Waals surface area contributed by atoms with Crippen LogP contribution in [0.3, 0.4) is 0 Å². The van der Waals surface area contributed by atoms with Crippen LogP contribution in [0.5, 0.6) is 0 Å². The van der Waals surface area contributed by atoms with Crippen LogP contribution in [0.2, 0.25) is 0 Å². The molecule has 1 aliphatic carbocycles. The van der Waals surface area contributed by atoms with Crippen LogP contribution in [0, 0.1) is 5.82 Å². The molecule has 2 atom stereocenters. The van der Waals surface area contributed by atoms with Crippen molar-refractivity contribution >= 4 is 17.4 Å². The standard InChI is InChI=1S/C26H18FNO6/c27-17-12-10-16(11-13-17)22-20-21(29)23(30)28(14-15-6-2-1-3-7-15)24(20)25(31,32)18-8-4-5-9-19(18)26(24,33)34-22/h1-13,31-33H,14H2/t24-,26+/m0/s1. The third-order valence-corrected chi connectivity index (χ3v) is 6.86. The Morgan fingerprint density at radius 2 is 1.44 bits per heavy atom. The Labute approximate surface area is 193 Å². The van der Waals surface area contributed by atoms with Gasteiger partial charge < -0.3 is 25.0 Å². The molecule has 3 aliphatic rings. The number of rotatable bonds is 3. The van der Waals surface area contributed by atoms with Gasteiger partial charge in [0, 0.05) is 23.2 Å². The second kappa shape index (κ2) is 6.60. The monoisotopic (exact) mass is 459 g/mol. The summed E-state index contributed by atoms with van der Waals surface area (Å²) in [5.74, 6) is -8.18. The number of ketones is 1. The molecule has 8 heteroatoms. The molecule has 2 heterocycles. The molecule has 0 saturated carbocycles. The molecule has 0 unspecified atom stereocenters. The van der Waals surface area contributed by atoms with Crippen LogP contribution in [0.25, 0.3) is 5.76 Å². The third kappa shape index (κ3) is 2.24. The average Bonchev–Trinajstić information content (AvgIpc) is 3.31. The first-order valence-corrected chi connectivity index (χ1v) is 10.6. The first-order chi connectivity index (χ1) is 16.2. The van der Waals surface area contributed by atoms with Crippen LogP contribution >= 0.6 is 0 Å². The lowest BCUT2D eigenvalue weighted by atomic mass is 9.78. The van der Waals surface area contributed by atoms with Crippen molar-refractivity contribution in [3.63, 3.8) is 0 Å². The second-order valence-electron chi connectivity index (χ2n) is 8.59. The molecule has 1 spiro atoms. The summed E-state index contributed by atoms with van der Waals surface area (Å²) in [4.78, 5) is 27.8. The van der Waals surface area contributed by atoms with E-state index in [1.807, 2.05) is 0 Å². The van der Waals surface area contributed by atoms with Crippen molar-refractivity contribution in [3.05, 3.63) is 113 Å².